The number of hydrogen-bond acceptors (Lipinski definition) is 2. The third-order valence-electron chi connectivity index (χ3n) is 2.47. The minimum absolute atomic E-state index is 0.0532. The van der Waals surface area contributed by atoms with E-state index in [2.05, 4.69) is 0 Å². The molecule has 1 fully saturated rings. The number of Topliss-reactive ketones (excluding diaryl/α,β-unsaturated/α-hetero) is 1. The molecule has 2 rings (SSSR count). The number of hydrogen-bond donors (Lipinski definition) is 0. The predicted octanol–water partition coefficient (Wildman–Crippen LogP) is 2.82. The standard InChI is InChI=1S/C12H13FO2/c1-2-15-9-5-6-10(11(13)7-9)12(14)8-3-4-8/h5-8H,2-4H2,1H3. The summed E-state index contributed by atoms with van der Waals surface area (Å²) in [4.78, 5) is 11.6. The summed E-state index contributed by atoms with van der Waals surface area (Å²) in [6, 6.07) is 4.43. The van der Waals surface area contributed by atoms with Crippen molar-refractivity contribution in [3.8, 4) is 5.75 Å². The van der Waals surface area contributed by atoms with Crippen LogP contribution in [-0.4, -0.2) is 12.4 Å². The van der Waals surface area contributed by atoms with Gasteiger partial charge in [-0.25, -0.2) is 4.39 Å². The fourth-order valence-electron chi connectivity index (χ4n) is 1.52. The highest BCUT2D eigenvalue weighted by Gasteiger charge is 2.31. The van der Waals surface area contributed by atoms with E-state index in [0.29, 0.717) is 12.4 Å². The average Bonchev–Trinajstić information content (AvgIpc) is 3.01. The van der Waals surface area contributed by atoms with Crippen molar-refractivity contribution in [1.29, 1.82) is 0 Å². The Morgan fingerprint density at radius 3 is 2.80 bits per heavy atom. The van der Waals surface area contributed by atoms with E-state index in [4.69, 9.17) is 4.74 Å². The van der Waals surface area contributed by atoms with Crippen molar-refractivity contribution in [3.05, 3.63) is 29.6 Å². The molecule has 3 heteroatoms. The molecule has 0 aromatic heterocycles. The van der Waals surface area contributed by atoms with Gasteiger partial charge in [-0.1, -0.05) is 0 Å². The van der Waals surface area contributed by atoms with Gasteiger partial charge in [-0.3, -0.25) is 4.79 Å². The second kappa shape index (κ2) is 4.01. The molecule has 1 aromatic carbocycles. The van der Waals surface area contributed by atoms with Crippen molar-refractivity contribution in [2.24, 2.45) is 5.92 Å². The van der Waals surface area contributed by atoms with E-state index >= 15 is 0 Å². The van der Waals surface area contributed by atoms with Crippen LogP contribution in [-0.2, 0) is 0 Å². The van der Waals surface area contributed by atoms with Crippen molar-refractivity contribution >= 4 is 5.78 Å². The number of benzene rings is 1. The lowest BCUT2D eigenvalue weighted by molar-refractivity contribution is 0.0963. The molecule has 1 aromatic rings. The topological polar surface area (TPSA) is 26.3 Å². The van der Waals surface area contributed by atoms with E-state index in [1.165, 1.54) is 12.1 Å². The van der Waals surface area contributed by atoms with Crippen LogP contribution in [0.15, 0.2) is 18.2 Å². The fraction of sp³-hybridized carbons (Fsp3) is 0.417. The summed E-state index contributed by atoms with van der Waals surface area (Å²) in [7, 11) is 0. The van der Waals surface area contributed by atoms with Crippen LogP contribution in [0.4, 0.5) is 4.39 Å². The van der Waals surface area contributed by atoms with Crippen LogP contribution in [0.2, 0.25) is 0 Å². The van der Waals surface area contributed by atoms with Crippen molar-refractivity contribution in [2.45, 2.75) is 19.8 Å². The summed E-state index contributed by atoms with van der Waals surface area (Å²) in [6.45, 7) is 2.33. The Balaban J connectivity index is 2.21. The summed E-state index contributed by atoms with van der Waals surface area (Å²) in [5.41, 5.74) is 0.195. The molecule has 1 aliphatic rings. The molecule has 0 bridgehead atoms. The van der Waals surface area contributed by atoms with Gasteiger partial charge in [0.2, 0.25) is 0 Å². The first-order valence-electron chi connectivity index (χ1n) is 5.19. The van der Waals surface area contributed by atoms with E-state index < -0.39 is 5.82 Å². The predicted molar refractivity (Wildman–Crippen MR) is 54.6 cm³/mol. The van der Waals surface area contributed by atoms with Gasteiger partial charge in [0.25, 0.3) is 0 Å². The Hall–Kier alpha value is -1.38. The Morgan fingerprint density at radius 1 is 1.53 bits per heavy atom. The van der Waals surface area contributed by atoms with Crippen LogP contribution in [0.3, 0.4) is 0 Å². The largest absolute Gasteiger partial charge is 0.494 e. The summed E-state index contributed by atoms with van der Waals surface area (Å²) in [5, 5.41) is 0. The third-order valence-corrected chi connectivity index (χ3v) is 2.47. The maximum atomic E-state index is 13.5. The Bertz CT molecular complexity index is 383. The molecule has 0 unspecified atom stereocenters. The first-order chi connectivity index (χ1) is 7.22. The number of rotatable bonds is 4. The monoisotopic (exact) mass is 208 g/mol. The summed E-state index contributed by atoms with van der Waals surface area (Å²) in [5.74, 6) is -0.0202. The quantitative estimate of drug-likeness (QED) is 0.711. The van der Waals surface area contributed by atoms with Crippen LogP contribution in [0.25, 0.3) is 0 Å². The molecule has 0 N–H and O–H groups in total. The van der Waals surface area contributed by atoms with Crippen LogP contribution in [0.5, 0.6) is 5.75 Å². The van der Waals surface area contributed by atoms with Crippen molar-refractivity contribution in [3.63, 3.8) is 0 Å². The first-order valence-corrected chi connectivity index (χ1v) is 5.19. The molecule has 0 spiro atoms. The average molecular weight is 208 g/mol. The van der Waals surface area contributed by atoms with Gasteiger partial charge in [-0.05, 0) is 31.9 Å². The van der Waals surface area contributed by atoms with Gasteiger partial charge in [0.05, 0.1) is 12.2 Å². The van der Waals surface area contributed by atoms with Gasteiger partial charge in [-0.2, -0.15) is 0 Å². The molecule has 0 saturated heterocycles. The molecule has 2 nitrogen and oxygen atoms in total. The molecule has 0 amide bonds. The normalized spacial score (nSPS) is 15.1. The van der Waals surface area contributed by atoms with Crippen molar-refractivity contribution in [1.82, 2.24) is 0 Å². The lowest BCUT2D eigenvalue weighted by Gasteiger charge is -2.05. The van der Waals surface area contributed by atoms with Gasteiger partial charge in [-0.15, -0.1) is 0 Å². The van der Waals surface area contributed by atoms with E-state index in [9.17, 15) is 9.18 Å². The zero-order valence-corrected chi connectivity index (χ0v) is 8.63. The second-order valence-corrected chi connectivity index (χ2v) is 3.71. The van der Waals surface area contributed by atoms with Gasteiger partial charge in [0.15, 0.2) is 5.78 Å². The molecule has 0 atom stereocenters. The first kappa shape index (κ1) is 10.1. The SMILES string of the molecule is CCOc1ccc(C(=O)C2CC2)c(F)c1. The lowest BCUT2D eigenvalue weighted by atomic mass is 10.1. The van der Waals surface area contributed by atoms with Crippen LogP contribution >= 0.6 is 0 Å². The molecular weight excluding hydrogens is 195 g/mol. The molecule has 1 aliphatic carbocycles. The maximum absolute atomic E-state index is 13.5. The zero-order chi connectivity index (χ0) is 10.8. The number of halogens is 1. The van der Waals surface area contributed by atoms with E-state index in [0.717, 1.165) is 12.8 Å². The lowest BCUT2D eigenvalue weighted by Crippen LogP contribution is -2.04. The zero-order valence-electron chi connectivity index (χ0n) is 8.63. The Kier molecular flexibility index (Phi) is 2.71. The number of ketones is 1. The minimum atomic E-state index is -0.474. The fourth-order valence-corrected chi connectivity index (χ4v) is 1.52. The third kappa shape index (κ3) is 2.17. The van der Waals surface area contributed by atoms with E-state index in [1.807, 2.05) is 6.92 Å². The van der Waals surface area contributed by atoms with Gasteiger partial charge < -0.3 is 4.74 Å². The molecule has 1 saturated carbocycles. The number of carbonyl (C=O) groups is 1. The summed E-state index contributed by atoms with van der Waals surface area (Å²) in [6.07, 6.45) is 1.79. The van der Waals surface area contributed by atoms with E-state index in [-0.39, 0.29) is 17.3 Å². The second-order valence-electron chi connectivity index (χ2n) is 3.71. The highest BCUT2D eigenvalue weighted by Crippen LogP contribution is 2.33. The Labute approximate surface area is 88.1 Å². The number of carbonyl (C=O) groups excluding carboxylic acids is 1. The molecule has 0 aliphatic heterocycles. The minimum Gasteiger partial charge on any atom is -0.494 e. The van der Waals surface area contributed by atoms with Gasteiger partial charge in [0, 0.05) is 12.0 Å². The van der Waals surface area contributed by atoms with Gasteiger partial charge in [0.1, 0.15) is 11.6 Å². The molecule has 15 heavy (non-hydrogen) atoms. The molecular formula is C12H13FO2. The molecule has 0 heterocycles. The van der Waals surface area contributed by atoms with Crippen LogP contribution < -0.4 is 4.74 Å². The summed E-state index contributed by atoms with van der Waals surface area (Å²) >= 11 is 0. The van der Waals surface area contributed by atoms with Crippen LogP contribution in [0, 0.1) is 11.7 Å². The van der Waals surface area contributed by atoms with Gasteiger partial charge >= 0.3 is 0 Å². The summed E-state index contributed by atoms with van der Waals surface area (Å²) < 4.78 is 18.7. The van der Waals surface area contributed by atoms with Crippen molar-refractivity contribution in [2.75, 3.05) is 6.61 Å². The van der Waals surface area contributed by atoms with E-state index in [1.54, 1.807) is 6.07 Å². The van der Waals surface area contributed by atoms with Crippen molar-refractivity contribution < 1.29 is 13.9 Å². The molecule has 0 radical (unpaired) electrons. The van der Waals surface area contributed by atoms with Crippen LogP contribution in [0.1, 0.15) is 30.1 Å². The highest BCUT2D eigenvalue weighted by molar-refractivity contribution is 5.99. The number of ether oxygens (including phenoxy) is 1. The smallest absolute Gasteiger partial charge is 0.168 e. The molecule has 80 valence electrons. The Morgan fingerprint density at radius 2 is 2.27 bits per heavy atom. The maximum Gasteiger partial charge on any atom is 0.168 e. The highest BCUT2D eigenvalue weighted by atomic mass is 19.1.